The van der Waals surface area contributed by atoms with E-state index in [1.165, 1.54) is 19.3 Å². The van der Waals surface area contributed by atoms with Gasteiger partial charge in [0.1, 0.15) is 23.1 Å². The Balaban J connectivity index is 1.72. The van der Waals surface area contributed by atoms with Crippen LogP contribution in [0.1, 0.15) is 11.1 Å². The molecule has 2 amide bonds. The van der Waals surface area contributed by atoms with Gasteiger partial charge < -0.3 is 20.1 Å². The van der Waals surface area contributed by atoms with Crippen molar-refractivity contribution in [1.82, 2.24) is 0 Å². The second-order valence-corrected chi connectivity index (χ2v) is 7.28. The van der Waals surface area contributed by atoms with Crippen LogP contribution in [0, 0.1) is 11.3 Å². The Morgan fingerprint density at radius 2 is 1.67 bits per heavy atom. The maximum atomic E-state index is 12.9. The maximum Gasteiger partial charge on any atom is 0.416 e. The van der Waals surface area contributed by atoms with Crippen molar-refractivity contribution in [3.05, 3.63) is 89.5 Å². The first-order valence-corrected chi connectivity index (χ1v) is 10.5. The Bertz CT molecular complexity index is 1330. The number of carbonyl (C=O) groups is 2. The minimum Gasteiger partial charge on any atom is -0.495 e. The summed E-state index contributed by atoms with van der Waals surface area (Å²) < 4.78 is 49.5. The Hall–Kier alpha value is -4.78. The number of nitrogens with zero attached hydrogens (tertiary/aromatic N) is 1. The predicted molar refractivity (Wildman–Crippen MR) is 127 cm³/mol. The molecule has 3 rings (SSSR count). The van der Waals surface area contributed by atoms with Crippen LogP contribution in [0.5, 0.6) is 11.5 Å². The number of carbonyl (C=O) groups excluding carboxylic acids is 2. The number of methoxy groups -OCH3 is 1. The van der Waals surface area contributed by atoms with E-state index in [-0.39, 0.29) is 23.6 Å². The predicted octanol–water partition coefficient (Wildman–Crippen LogP) is 5.28. The van der Waals surface area contributed by atoms with Gasteiger partial charge in [-0.05, 0) is 42.5 Å². The van der Waals surface area contributed by atoms with E-state index in [2.05, 4.69) is 10.6 Å². The third-order valence-electron chi connectivity index (χ3n) is 4.77. The fourth-order valence-electron chi connectivity index (χ4n) is 3.08. The summed E-state index contributed by atoms with van der Waals surface area (Å²) in [6.45, 7) is -0.374. The van der Waals surface area contributed by atoms with Crippen LogP contribution in [0.25, 0.3) is 6.08 Å². The molecule has 2 N–H and O–H groups in total. The maximum absolute atomic E-state index is 12.9. The number of halogens is 3. The number of amides is 2. The highest BCUT2D eigenvalue weighted by molar-refractivity contribution is 6.09. The van der Waals surface area contributed by atoms with E-state index in [0.717, 1.165) is 18.2 Å². The first-order valence-electron chi connectivity index (χ1n) is 10.5. The van der Waals surface area contributed by atoms with Gasteiger partial charge in [-0.1, -0.05) is 36.4 Å². The molecule has 0 saturated heterocycles. The molecule has 184 valence electrons. The highest BCUT2D eigenvalue weighted by Gasteiger charge is 2.30. The van der Waals surface area contributed by atoms with Crippen molar-refractivity contribution < 1.29 is 32.2 Å². The number of ether oxygens (including phenoxy) is 2. The summed E-state index contributed by atoms with van der Waals surface area (Å²) in [7, 11) is 1.47. The lowest BCUT2D eigenvalue weighted by Gasteiger charge is -2.12. The van der Waals surface area contributed by atoms with Gasteiger partial charge in [0.2, 0.25) is 0 Å². The van der Waals surface area contributed by atoms with Crippen LogP contribution in [-0.2, 0) is 15.8 Å². The lowest BCUT2D eigenvalue weighted by atomic mass is 10.1. The SMILES string of the molecule is COc1ccccc1NC(=O)COc1ccccc1C=C(C#N)C(=O)Nc1cccc(C(F)(F)F)c1. The van der Waals surface area contributed by atoms with Crippen LogP contribution < -0.4 is 20.1 Å². The van der Waals surface area contributed by atoms with Crippen molar-refractivity contribution in [2.24, 2.45) is 0 Å². The van der Waals surface area contributed by atoms with Crippen molar-refractivity contribution in [2.75, 3.05) is 24.4 Å². The second-order valence-electron chi connectivity index (χ2n) is 7.28. The van der Waals surface area contributed by atoms with Crippen molar-refractivity contribution >= 4 is 29.3 Å². The molecule has 0 spiro atoms. The minimum atomic E-state index is -4.58. The lowest BCUT2D eigenvalue weighted by molar-refractivity contribution is -0.137. The van der Waals surface area contributed by atoms with E-state index in [9.17, 15) is 28.0 Å². The summed E-state index contributed by atoms with van der Waals surface area (Å²) in [5.41, 5.74) is -0.651. The number of alkyl halides is 3. The smallest absolute Gasteiger partial charge is 0.416 e. The summed E-state index contributed by atoms with van der Waals surface area (Å²) in [6, 6.07) is 19.0. The average Bonchev–Trinajstić information content (AvgIpc) is 2.86. The van der Waals surface area contributed by atoms with Gasteiger partial charge in [0.25, 0.3) is 11.8 Å². The molecule has 3 aromatic carbocycles. The van der Waals surface area contributed by atoms with Crippen LogP contribution in [0.2, 0.25) is 0 Å². The molecule has 10 heteroatoms. The first kappa shape index (κ1) is 25.8. The van der Waals surface area contributed by atoms with Gasteiger partial charge in [0.15, 0.2) is 6.61 Å². The van der Waals surface area contributed by atoms with Crippen LogP contribution in [0.15, 0.2) is 78.4 Å². The number of rotatable bonds is 8. The number of hydrogen-bond acceptors (Lipinski definition) is 5. The van der Waals surface area contributed by atoms with Gasteiger partial charge in [0, 0.05) is 11.3 Å². The third kappa shape index (κ3) is 6.87. The molecular formula is C26H20F3N3O4. The molecule has 0 unspecified atom stereocenters. The summed E-state index contributed by atoms with van der Waals surface area (Å²) in [4.78, 5) is 24.9. The average molecular weight is 495 g/mol. The zero-order valence-electron chi connectivity index (χ0n) is 18.9. The van der Waals surface area contributed by atoms with Crippen molar-refractivity contribution in [3.63, 3.8) is 0 Å². The largest absolute Gasteiger partial charge is 0.495 e. The molecule has 0 saturated carbocycles. The van der Waals surface area contributed by atoms with Crippen molar-refractivity contribution in [1.29, 1.82) is 5.26 Å². The van der Waals surface area contributed by atoms with Crippen molar-refractivity contribution in [3.8, 4) is 17.6 Å². The number of nitrogens with one attached hydrogen (secondary N) is 2. The van der Waals surface area contributed by atoms with E-state index in [4.69, 9.17) is 9.47 Å². The highest BCUT2D eigenvalue weighted by atomic mass is 19.4. The van der Waals surface area contributed by atoms with E-state index < -0.39 is 23.6 Å². The van der Waals surface area contributed by atoms with Gasteiger partial charge >= 0.3 is 6.18 Å². The summed E-state index contributed by atoms with van der Waals surface area (Å²) in [6.07, 6.45) is -3.36. The molecule has 0 aliphatic rings. The molecule has 0 bridgehead atoms. The summed E-state index contributed by atoms with van der Waals surface area (Å²) in [5.74, 6) is -0.687. The number of benzene rings is 3. The molecule has 36 heavy (non-hydrogen) atoms. The zero-order valence-corrected chi connectivity index (χ0v) is 18.9. The van der Waals surface area contributed by atoms with Gasteiger partial charge in [-0.2, -0.15) is 18.4 Å². The normalized spacial score (nSPS) is 11.2. The zero-order chi connectivity index (χ0) is 26.1. The molecule has 0 aromatic heterocycles. The molecule has 0 aliphatic carbocycles. The van der Waals surface area contributed by atoms with Crippen LogP contribution in [-0.4, -0.2) is 25.5 Å². The molecule has 0 heterocycles. The molecule has 0 radical (unpaired) electrons. The summed E-state index contributed by atoms with van der Waals surface area (Å²) in [5, 5.41) is 14.4. The molecular weight excluding hydrogens is 475 g/mol. The van der Waals surface area contributed by atoms with Crippen LogP contribution >= 0.6 is 0 Å². The fraction of sp³-hybridized carbons (Fsp3) is 0.115. The molecule has 0 atom stereocenters. The van der Waals surface area contributed by atoms with E-state index in [0.29, 0.717) is 17.0 Å². The fourth-order valence-corrected chi connectivity index (χ4v) is 3.08. The third-order valence-corrected chi connectivity index (χ3v) is 4.77. The highest BCUT2D eigenvalue weighted by Crippen LogP contribution is 2.31. The van der Waals surface area contributed by atoms with Gasteiger partial charge in [-0.25, -0.2) is 0 Å². The Labute approximate surface area is 204 Å². The topological polar surface area (TPSA) is 100 Å². The number of anilines is 2. The standard InChI is InChI=1S/C26H20F3N3O4/c1-35-23-12-5-3-10-21(23)32-24(33)16-36-22-11-4-2-7-17(22)13-18(15-30)25(34)31-20-9-6-8-19(14-20)26(27,28)29/h2-14H,16H2,1H3,(H,31,34)(H,32,33). The first-order chi connectivity index (χ1) is 17.2. The Morgan fingerprint density at radius 1 is 0.972 bits per heavy atom. The molecule has 0 fully saturated rings. The van der Waals surface area contributed by atoms with Crippen molar-refractivity contribution in [2.45, 2.75) is 6.18 Å². The molecule has 3 aromatic rings. The Morgan fingerprint density at radius 3 is 2.36 bits per heavy atom. The molecule has 7 nitrogen and oxygen atoms in total. The second kappa shape index (κ2) is 11.6. The monoisotopic (exact) mass is 495 g/mol. The number of nitriles is 1. The minimum absolute atomic E-state index is 0.117. The summed E-state index contributed by atoms with van der Waals surface area (Å²) >= 11 is 0. The van der Waals surface area contributed by atoms with Gasteiger partial charge in [-0.3, -0.25) is 9.59 Å². The number of para-hydroxylation sites is 3. The van der Waals surface area contributed by atoms with Crippen LogP contribution in [0.4, 0.5) is 24.5 Å². The lowest BCUT2D eigenvalue weighted by Crippen LogP contribution is -2.20. The number of hydrogen-bond donors (Lipinski definition) is 2. The van der Waals surface area contributed by atoms with Gasteiger partial charge in [0.05, 0.1) is 18.4 Å². The van der Waals surface area contributed by atoms with Gasteiger partial charge in [-0.15, -0.1) is 0 Å². The quantitative estimate of drug-likeness (QED) is 0.327. The van der Waals surface area contributed by atoms with Crippen LogP contribution in [0.3, 0.4) is 0 Å². The van der Waals surface area contributed by atoms with E-state index in [1.807, 2.05) is 0 Å². The molecule has 0 aliphatic heterocycles. The van der Waals surface area contributed by atoms with E-state index >= 15 is 0 Å². The van der Waals surface area contributed by atoms with E-state index in [1.54, 1.807) is 54.6 Å². The Kier molecular flexibility index (Phi) is 8.30.